The van der Waals surface area contributed by atoms with Gasteiger partial charge in [0.1, 0.15) is 11.2 Å². The number of carbonyl (C=O) groups is 1. The fraction of sp³-hybridized carbons (Fsp3) is 0.125. The van der Waals surface area contributed by atoms with Crippen molar-refractivity contribution < 1.29 is 24.2 Å². The van der Waals surface area contributed by atoms with Crippen LogP contribution in [-0.4, -0.2) is 6.29 Å². The lowest BCUT2D eigenvalue weighted by atomic mass is 10.2. The van der Waals surface area contributed by atoms with Gasteiger partial charge in [0.05, 0.1) is 0 Å². The van der Waals surface area contributed by atoms with Crippen LogP contribution >= 0.6 is 10.2 Å². The molecule has 0 amide bonds. The summed E-state index contributed by atoms with van der Waals surface area (Å²) in [6, 6.07) is 1.58. The molecule has 1 rings (SSSR count). The van der Waals surface area contributed by atoms with E-state index in [2.05, 4.69) is 0 Å². The molecule has 0 spiro atoms. The highest BCUT2D eigenvalue weighted by Crippen LogP contribution is 3.02. The third kappa shape index (κ3) is 2.92. The molecule has 15 heavy (non-hydrogen) atoms. The van der Waals surface area contributed by atoms with E-state index in [0.717, 1.165) is 6.07 Å². The van der Waals surface area contributed by atoms with Gasteiger partial charge in [-0.1, -0.05) is 19.4 Å². The third-order valence-electron chi connectivity index (χ3n) is 1.65. The van der Waals surface area contributed by atoms with Crippen LogP contribution in [0.25, 0.3) is 0 Å². The second kappa shape index (κ2) is 2.52. The zero-order chi connectivity index (χ0) is 12.0. The van der Waals surface area contributed by atoms with Crippen molar-refractivity contribution in [2.45, 2.75) is 11.8 Å². The van der Waals surface area contributed by atoms with E-state index < -0.39 is 20.7 Å². The Morgan fingerprint density at radius 2 is 1.60 bits per heavy atom. The van der Waals surface area contributed by atoms with Crippen LogP contribution in [0, 0.1) is 6.92 Å². The van der Waals surface area contributed by atoms with Crippen molar-refractivity contribution in [3.05, 3.63) is 29.3 Å². The lowest BCUT2D eigenvalue weighted by Gasteiger charge is -2.40. The molecule has 0 aliphatic carbocycles. The molecule has 0 saturated carbocycles. The van der Waals surface area contributed by atoms with Gasteiger partial charge in [-0.15, -0.1) is 0 Å². The van der Waals surface area contributed by atoms with Crippen LogP contribution in [0.4, 0.5) is 19.4 Å². The monoisotopic (exact) mass is 246 g/mol. The molecule has 0 aliphatic heterocycles. The highest BCUT2D eigenvalue weighted by molar-refractivity contribution is 8.45. The summed E-state index contributed by atoms with van der Waals surface area (Å²) >= 11 is 0. The van der Waals surface area contributed by atoms with Crippen molar-refractivity contribution in [3.8, 4) is 0 Å². The molecule has 1 nitrogen and oxygen atoms in total. The number of aldehydes is 1. The summed E-state index contributed by atoms with van der Waals surface area (Å²) in [6.07, 6.45) is 0.0972. The molecule has 0 aromatic heterocycles. The summed E-state index contributed by atoms with van der Waals surface area (Å²) in [7, 11) is -9.67. The van der Waals surface area contributed by atoms with Crippen LogP contribution in [0.2, 0.25) is 0 Å². The quantitative estimate of drug-likeness (QED) is 0.556. The van der Waals surface area contributed by atoms with Crippen LogP contribution < -0.4 is 0 Å². The molecule has 0 radical (unpaired) electrons. The van der Waals surface area contributed by atoms with Crippen LogP contribution in [-0.2, 0) is 0 Å². The van der Waals surface area contributed by atoms with Gasteiger partial charge in [0.2, 0.25) is 0 Å². The van der Waals surface area contributed by atoms with Gasteiger partial charge in [-0.2, -0.15) is 0 Å². The van der Waals surface area contributed by atoms with E-state index in [4.69, 9.17) is 0 Å². The topological polar surface area (TPSA) is 17.1 Å². The van der Waals surface area contributed by atoms with Crippen molar-refractivity contribution in [3.63, 3.8) is 0 Å². The lowest BCUT2D eigenvalue weighted by Crippen LogP contribution is -2.07. The third-order valence-corrected chi connectivity index (χ3v) is 2.78. The van der Waals surface area contributed by atoms with Crippen molar-refractivity contribution in [2.24, 2.45) is 0 Å². The molecule has 0 unspecified atom stereocenters. The molecule has 0 N–H and O–H groups in total. The maximum Gasteiger partial charge on any atom is 0.310 e. The van der Waals surface area contributed by atoms with Gasteiger partial charge in [0.15, 0.2) is 0 Å². The Bertz CT molecular complexity index is 422. The van der Waals surface area contributed by atoms with Crippen molar-refractivity contribution in [2.75, 3.05) is 0 Å². The smallest absolute Gasteiger partial charge is 0.298 e. The van der Waals surface area contributed by atoms with Gasteiger partial charge in [0, 0.05) is 5.56 Å². The van der Waals surface area contributed by atoms with Crippen molar-refractivity contribution in [1.29, 1.82) is 0 Å². The number of carbonyl (C=O) groups excluding carboxylic acids is 1. The minimum absolute atomic E-state index is 0.0390. The molecule has 1 aromatic rings. The minimum Gasteiger partial charge on any atom is -0.298 e. The van der Waals surface area contributed by atoms with Crippen LogP contribution in [0.3, 0.4) is 0 Å². The average Bonchev–Trinajstić information content (AvgIpc) is 1.99. The Balaban J connectivity index is 3.54. The van der Waals surface area contributed by atoms with E-state index in [0.29, 0.717) is 6.07 Å². The summed E-state index contributed by atoms with van der Waals surface area (Å²) in [6.45, 7) is 1.21. The second-order valence-electron chi connectivity index (χ2n) is 3.17. The molecule has 0 saturated heterocycles. The highest BCUT2D eigenvalue weighted by atomic mass is 32.5. The number of rotatable bonds is 2. The van der Waals surface area contributed by atoms with Crippen LogP contribution in [0.1, 0.15) is 15.9 Å². The molecule has 1 aromatic carbocycles. The van der Waals surface area contributed by atoms with Gasteiger partial charge in [-0.25, -0.2) is 0 Å². The summed E-state index contributed by atoms with van der Waals surface area (Å²) in [5.74, 6) is 0. The fourth-order valence-electron chi connectivity index (χ4n) is 1.07. The summed E-state index contributed by atoms with van der Waals surface area (Å²) in [5.41, 5.74) is -0.457. The molecule has 0 bridgehead atoms. The Morgan fingerprint density at radius 1 is 1.07 bits per heavy atom. The highest BCUT2D eigenvalue weighted by Gasteiger charge is 2.65. The molecular formula is C8H7F5OS. The van der Waals surface area contributed by atoms with Crippen LogP contribution in [0.15, 0.2) is 23.1 Å². The number of aryl methyl sites for hydroxylation is 1. The number of benzene rings is 1. The van der Waals surface area contributed by atoms with E-state index in [-0.39, 0.29) is 17.9 Å². The average molecular weight is 246 g/mol. The predicted molar refractivity (Wildman–Crippen MR) is 48.0 cm³/mol. The molecule has 86 valence electrons. The van der Waals surface area contributed by atoms with Crippen molar-refractivity contribution in [1.82, 2.24) is 0 Å². The zero-order valence-corrected chi connectivity index (χ0v) is 8.33. The Hall–Kier alpha value is -1.11. The normalized spacial score (nSPS) is 16.7. The van der Waals surface area contributed by atoms with Gasteiger partial charge in [0.25, 0.3) is 0 Å². The Kier molecular flexibility index (Phi) is 2.01. The van der Waals surface area contributed by atoms with Gasteiger partial charge < -0.3 is 0 Å². The summed E-state index contributed by atoms with van der Waals surface area (Å²) in [4.78, 5) is 8.22. The molecule has 0 fully saturated rings. The van der Waals surface area contributed by atoms with Gasteiger partial charge in [-0.05, 0) is 30.7 Å². The standard InChI is InChI=1S/C8H7F5OS/c1-6-2-7(5-14)4-8(3-6)15(9,10,11,12)13/h2-5H,1H3. The fourth-order valence-corrected chi connectivity index (χ4v) is 1.83. The molecule has 0 aliphatic rings. The second-order valence-corrected chi connectivity index (χ2v) is 5.58. The summed E-state index contributed by atoms with van der Waals surface area (Å²) in [5, 5.41) is 0. The Labute approximate surface area is 82.6 Å². The molecule has 0 heterocycles. The number of hydrogen-bond acceptors (Lipinski definition) is 1. The maximum absolute atomic E-state index is 12.3. The van der Waals surface area contributed by atoms with Crippen LogP contribution in [0.5, 0.6) is 0 Å². The summed E-state index contributed by atoms with van der Waals surface area (Å²) < 4.78 is 61.6. The first-order chi connectivity index (χ1) is 6.42. The largest absolute Gasteiger partial charge is 0.310 e. The molecule has 0 atom stereocenters. The molecule has 7 heteroatoms. The van der Waals surface area contributed by atoms with Gasteiger partial charge in [-0.3, -0.25) is 4.79 Å². The van der Waals surface area contributed by atoms with Gasteiger partial charge >= 0.3 is 10.2 Å². The van der Waals surface area contributed by atoms with E-state index in [1.807, 2.05) is 0 Å². The van der Waals surface area contributed by atoms with E-state index in [1.54, 1.807) is 0 Å². The zero-order valence-electron chi connectivity index (χ0n) is 7.52. The lowest BCUT2D eigenvalue weighted by molar-refractivity contribution is 0.112. The van der Waals surface area contributed by atoms with E-state index >= 15 is 0 Å². The Morgan fingerprint density at radius 3 is 2.00 bits per heavy atom. The van der Waals surface area contributed by atoms with Crippen molar-refractivity contribution >= 4 is 16.5 Å². The maximum atomic E-state index is 12.3. The van der Waals surface area contributed by atoms with E-state index in [9.17, 15) is 24.2 Å². The molecular weight excluding hydrogens is 239 g/mol. The predicted octanol–water partition coefficient (Wildman–Crippen LogP) is 4.46. The number of halogens is 5. The number of hydrogen-bond donors (Lipinski definition) is 0. The van der Waals surface area contributed by atoms with E-state index in [1.165, 1.54) is 6.92 Å². The first-order valence-electron chi connectivity index (χ1n) is 3.73. The first-order valence-corrected chi connectivity index (χ1v) is 5.68. The minimum atomic E-state index is -9.67. The SMILES string of the molecule is Cc1cc(C=O)cc(S(F)(F)(F)(F)F)c1. The first kappa shape index (κ1) is 12.0.